The molecular formula is C37H49N7O9S2. The Morgan fingerprint density at radius 2 is 1.60 bits per heavy atom. The molecule has 2 bridgehead atoms. The van der Waals surface area contributed by atoms with E-state index in [9.17, 15) is 38.4 Å². The first-order valence-corrected chi connectivity index (χ1v) is 20.6. The highest BCUT2D eigenvalue weighted by atomic mass is 33.1. The molecule has 16 nitrogen and oxygen atoms in total. The molecule has 1 aromatic rings. The first-order valence-electron chi connectivity index (χ1n) is 18.1. The van der Waals surface area contributed by atoms with Gasteiger partial charge < -0.3 is 36.6 Å². The molecule has 55 heavy (non-hydrogen) atoms. The first-order chi connectivity index (χ1) is 26.1. The Kier molecular flexibility index (Phi) is 15.3. The normalized spacial score (nSPS) is 27.1. The van der Waals surface area contributed by atoms with E-state index in [4.69, 9.17) is 10.5 Å². The topological polar surface area (TPSA) is 235 Å². The van der Waals surface area contributed by atoms with E-state index in [0.717, 1.165) is 5.56 Å². The van der Waals surface area contributed by atoms with Crippen molar-refractivity contribution in [2.75, 3.05) is 17.2 Å². The summed E-state index contributed by atoms with van der Waals surface area (Å²) in [6, 6.07) is 1.72. The summed E-state index contributed by atoms with van der Waals surface area (Å²) in [5.74, 6) is -3.43. The van der Waals surface area contributed by atoms with Crippen molar-refractivity contribution in [3.05, 3.63) is 53.3 Å². The predicted molar refractivity (Wildman–Crippen MR) is 207 cm³/mol. The molecule has 4 heterocycles. The van der Waals surface area contributed by atoms with Crippen molar-refractivity contribution >= 4 is 74.6 Å². The van der Waals surface area contributed by atoms with Gasteiger partial charge in [-0.05, 0) is 49.8 Å². The van der Waals surface area contributed by atoms with Crippen LogP contribution in [0.5, 0.6) is 0 Å². The molecule has 0 saturated carbocycles. The van der Waals surface area contributed by atoms with E-state index in [2.05, 4.69) is 26.6 Å². The summed E-state index contributed by atoms with van der Waals surface area (Å²) in [7, 11) is 2.95. The van der Waals surface area contributed by atoms with Gasteiger partial charge in [0.2, 0.25) is 29.5 Å². The molecule has 2 saturated heterocycles. The number of carbonyl (C=O) groups excluding carboxylic acids is 8. The third kappa shape index (κ3) is 11.3. The van der Waals surface area contributed by atoms with E-state index in [-0.39, 0.29) is 47.9 Å². The molecule has 0 spiro atoms. The smallest absolute Gasteiger partial charge is 0.329 e. The Bertz CT molecular complexity index is 1750. The highest BCUT2D eigenvalue weighted by molar-refractivity contribution is 8.76. The summed E-state index contributed by atoms with van der Waals surface area (Å²) in [5.41, 5.74) is 7.67. The van der Waals surface area contributed by atoms with Gasteiger partial charge in [-0.1, -0.05) is 67.5 Å². The maximum atomic E-state index is 13.2. The van der Waals surface area contributed by atoms with Gasteiger partial charge in [-0.2, -0.15) is 0 Å². The van der Waals surface area contributed by atoms with Crippen LogP contribution in [0.3, 0.4) is 0 Å². The van der Waals surface area contributed by atoms with Crippen LogP contribution in [0.25, 0.3) is 0 Å². The van der Waals surface area contributed by atoms with Gasteiger partial charge in [0.05, 0.1) is 6.42 Å². The zero-order valence-electron chi connectivity index (χ0n) is 31.5. The van der Waals surface area contributed by atoms with Crippen molar-refractivity contribution in [1.29, 1.82) is 0 Å². The number of allylic oxidation sites excluding steroid dienone is 2. The molecule has 1 aromatic carbocycles. The lowest BCUT2D eigenvalue weighted by molar-refractivity contribution is -0.153. The van der Waals surface area contributed by atoms with Gasteiger partial charge in [0, 0.05) is 41.3 Å². The molecule has 5 rings (SSSR count). The number of nitrogens with two attached hydrogens (primary N) is 1. The summed E-state index contributed by atoms with van der Waals surface area (Å²) in [4.78, 5) is 102. The van der Waals surface area contributed by atoms with Gasteiger partial charge in [0.25, 0.3) is 11.8 Å². The molecule has 298 valence electrons. The molecular weight excluding hydrogens is 751 g/mol. The maximum absolute atomic E-state index is 13.2. The van der Waals surface area contributed by atoms with Gasteiger partial charge >= 0.3 is 5.97 Å². The number of imide groups is 1. The van der Waals surface area contributed by atoms with Crippen LogP contribution in [0.15, 0.2) is 42.1 Å². The Hall–Kier alpha value is -4.84. The summed E-state index contributed by atoms with van der Waals surface area (Å²) in [5, 5.41) is 12.9. The zero-order valence-corrected chi connectivity index (χ0v) is 33.1. The molecule has 5 atom stereocenters. The van der Waals surface area contributed by atoms with Gasteiger partial charge in [0.15, 0.2) is 0 Å². The molecule has 1 unspecified atom stereocenters. The lowest BCUT2D eigenvalue weighted by Gasteiger charge is -2.29. The summed E-state index contributed by atoms with van der Waals surface area (Å²) in [6.07, 6.45) is 5.13. The number of anilines is 1. The summed E-state index contributed by atoms with van der Waals surface area (Å²) >= 11 is 0. The number of ether oxygens (including phenoxy) is 1. The van der Waals surface area contributed by atoms with Crippen LogP contribution < -0.4 is 32.3 Å². The SMILES string of the molecule is C/C=C1\NC(=O)[C@H]2CSSCC/C=C/[C@H](CC(=O)N[C@H](C(C)C)C(=O)N2)OC(=O)[C@H](C(C)C)NC1=O.Nc1cccc2c1CN(C1CCC(=O)NC1=O)C2=O. The highest BCUT2D eigenvalue weighted by Crippen LogP contribution is 2.31. The number of benzene rings is 1. The molecule has 7 N–H and O–H groups in total. The lowest BCUT2D eigenvalue weighted by Crippen LogP contribution is -2.57. The molecule has 7 amide bonds. The van der Waals surface area contributed by atoms with Crippen molar-refractivity contribution in [2.45, 2.75) is 97.1 Å². The second kappa shape index (κ2) is 19.7. The summed E-state index contributed by atoms with van der Waals surface area (Å²) in [6.45, 7) is 8.99. The number of nitrogens with zero attached hydrogens (tertiary/aromatic N) is 1. The van der Waals surface area contributed by atoms with E-state index < -0.39 is 65.8 Å². The molecule has 2 fully saturated rings. The molecule has 4 aliphatic heterocycles. The number of hydrogen-bond donors (Lipinski definition) is 6. The average Bonchev–Trinajstić information content (AvgIpc) is 3.46. The van der Waals surface area contributed by atoms with E-state index in [1.807, 2.05) is 6.08 Å². The third-order valence-corrected chi connectivity index (χ3v) is 11.7. The van der Waals surface area contributed by atoms with Crippen molar-refractivity contribution in [3.8, 4) is 0 Å². The van der Waals surface area contributed by atoms with Gasteiger partial charge in [-0.25, -0.2) is 4.79 Å². The number of nitrogen functional groups attached to an aromatic ring is 1. The number of carbonyl (C=O) groups is 8. The largest absolute Gasteiger partial charge is 0.456 e. The fraction of sp³-hybridized carbons (Fsp3) is 0.514. The number of hydrogen-bond acceptors (Lipinski definition) is 12. The van der Waals surface area contributed by atoms with Gasteiger partial charge in [0.1, 0.15) is 36.0 Å². The minimum Gasteiger partial charge on any atom is -0.456 e. The van der Waals surface area contributed by atoms with Crippen LogP contribution in [-0.2, 0) is 44.8 Å². The van der Waals surface area contributed by atoms with Crippen LogP contribution in [0, 0.1) is 11.8 Å². The summed E-state index contributed by atoms with van der Waals surface area (Å²) < 4.78 is 5.65. The fourth-order valence-corrected chi connectivity index (χ4v) is 8.27. The maximum Gasteiger partial charge on any atom is 0.329 e. The van der Waals surface area contributed by atoms with Crippen molar-refractivity contribution in [1.82, 2.24) is 31.5 Å². The Labute approximate surface area is 327 Å². The number of esters is 1. The monoisotopic (exact) mass is 799 g/mol. The lowest BCUT2D eigenvalue weighted by atomic mass is 10.0. The van der Waals surface area contributed by atoms with E-state index in [1.165, 1.54) is 32.6 Å². The fourth-order valence-electron chi connectivity index (χ4n) is 6.11. The van der Waals surface area contributed by atoms with Crippen LogP contribution in [-0.4, -0.2) is 94.0 Å². The predicted octanol–water partition coefficient (Wildman–Crippen LogP) is 1.46. The Balaban J connectivity index is 0.000000294. The van der Waals surface area contributed by atoms with E-state index in [0.29, 0.717) is 36.4 Å². The number of amides is 7. The number of nitrogens with one attached hydrogen (secondary N) is 5. The molecule has 0 radical (unpaired) electrons. The minimum atomic E-state index is -1.00. The van der Waals surface area contributed by atoms with Crippen LogP contribution in [0.2, 0.25) is 0 Å². The standard InChI is InChI=1S/C24H36N4O6S2.C13H13N3O3/c1-6-16-21(30)28-20(14(4)5)24(33)34-15-9-7-8-10-35-36-12-17(22(31)25-16)26-23(32)19(13(2)3)27-18(29)11-15;14-9-3-1-2-7-8(9)6-16(13(7)19)10-4-5-11(17)15-12(10)18/h6-7,9,13-15,17,19-20H,8,10-12H2,1-5H3,(H,25,31)(H,26,32)(H,27,29)(H,28,30);1-3,10H,4-6,14H2,(H,15,17,18)/b9-7+,16-6-;/t15-,17-,19-,20+;/m1./s1. The van der Waals surface area contributed by atoms with Gasteiger partial charge in [-0.15, -0.1) is 0 Å². The molecule has 0 aliphatic carbocycles. The van der Waals surface area contributed by atoms with Crippen molar-refractivity contribution < 1.29 is 43.1 Å². The molecule has 4 aliphatic rings. The van der Waals surface area contributed by atoms with Crippen LogP contribution in [0.4, 0.5) is 5.69 Å². The van der Waals surface area contributed by atoms with Gasteiger partial charge in [-0.3, -0.25) is 38.9 Å². The second-order valence-corrected chi connectivity index (χ2v) is 16.6. The molecule has 18 heteroatoms. The quantitative estimate of drug-likeness (QED) is 0.0637. The minimum absolute atomic E-state index is 0.0445. The van der Waals surface area contributed by atoms with E-state index >= 15 is 0 Å². The number of fused-ring (bicyclic) bond motifs is 8. The van der Waals surface area contributed by atoms with Crippen LogP contribution >= 0.6 is 21.6 Å². The molecule has 0 aromatic heterocycles. The number of rotatable bonds is 3. The average molecular weight is 800 g/mol. The third-order valence-electron chi connectivity index (χ3n) is 9.21. The van der Waals surface area contributed by atoms with Crippen molar-refractivity contribution in [2.24, 2.45) is 11.8 Å². The van der Waals surface area contributed by atoms with Crippen LogP contribution in [0.1, 0.15) is 76.2 Å². The number of piperidine rings is 1. The highest BCUT2D eigenvalue weighted by Gasteiger charge is 2.40. The first kappa shape index (κ1) is 42.9. The second-order valence-electron chi connectivity index (χ2n) is 14.0. The van der Waals surface area contributed by atoms with Crippen molar-refractivity contribution in [3.63, 3.8) is 0 Å². The zero-order chi connectivity index (χ0) is 40.4. The Morgan fingerprint density at radius 1 is 0.873 bits per heavy atom. The van der Waals surface area contributed by atoms with E-state index in [1.54, 1.807) is 58.9 Å². The Morgan fingerprint density at radius 3 is 2.25 bits per heavy atom.